The molecule has 1 aromatic rings. The molecule has 34 heavy (non-hydrogen) atoms. The zero-order valence-corrected chi connectivity index (χ0v) is 20.8. The molecule has 1 aromatic carbocycles. The molecular formula is C25H40N2O7. The molecule has 1 heterocycles. The van der Waals surface area contributed by atoms with Crippen molar-refractivity contribution in [1.29, 1.82) is 0 Å². The summed E-state index contributed by atoms with van der Waals surface area (Å²) in [5.41, 5.74) is 1.04. The van der Waals surface area contributed by atoms with Crippen molar-refractivity contribution >= 4 is 12.0 Å². The van der Waals surface area contributed by atoms with Crippen LogP contribution in [0.3, 0.4) is 0 Å². The molecule has 1 aliphatic rings. The Morgan fingerprint density at radius 3 is 2.56 bits per heavy atom. The number of aliphatic hydroxyl groups is 1. The molecule has 0 radical (unpaired) electrons. The molecule has 1 saturated heterocycles. The van der Waals surface area contributed by atoms with Gasteiger partial charge in [0.1, 0.15) is 0 Å². The molecule has 2 rings (SSSR count). The lowest BCUT2D eigenvalue weighted by molar-refractivity contribution is -0.129. The first-order chi connectivity index (χ1) is 16.2. The highest BCUT2D eigenvalue weighted by Gasteiger charge is 2.30. The first-order valence-corrected chi connectivity index (χ1v) is 12.0. The van der Waals surface area contributed by atoms with E-state index in [2.05, 4.69) is 19.2 Å². The number of β-amino-alcohol motifs (C(OH)–C–C–N with tert-alkyl or cyclic N) is 1. The average molecular weight is 481 g/mol. The number of amides is 2. The van der Waals surface area contributed by atoms with E-state index < -0.39 is 18.2 Å². The first-order valence-electron chi connectivity index (χ1n) is 12.0. The summed E-state index contributed by atoms with van der Waals surface area (Å²) in [6.07, 6.45) is 0.978. The van der Waals surface area contributed by atoms with Crippen molar-refractivity contribution in [3.05, 3.63) is 23.8 Å². The van der Waals surface area contributed by atoms with E-state index in [0.717, 1.165) is 18.4 Å². The number of ether oxygens (including phenoxy) is 3. The number of methoxy groups -OCH3 is 2. The van der Waals surface area contributed by atoms with Gasteiger partial charge in [-0.05, 0) is 48.8 Å². The average Bonchev–Trinajstić information content (AvgIpc) is 3.19. The molecule has 3 N–H and O–H groups in total. The molecule has 0 aromatic heterocycles. The van der Waals surface area contributed by atoms with Crippen LogP contribution in [0.25, 0.3) is 0 Å². The molecule has 0 spiro atoms. The largest absolute Gasteiger partial charge is 0.493 e. The zero-order valence-electron chi connectivity index (χ0n) is 20.8. The van der Waals surface area contributed by atoms with E-state index in [0.29, 0.717) is 50.5 Å². The Morgan fingerprint density at radius 1 is 1.21 bits per heavy atom. The Morgan fingerprint density at radius 2 is 1.97 bits per heavy atom. The number of aliphatic hydroxyl groups excluding tert-OH is 1. The molecule has 1 aliphatic heterocycles. The molecule has 0 aliphatic carbocycles. The lowest BCUT2D eigenvalue weighted by atomic mass is 9.83. The van der Waals surface area contributed by atoms with Gasteiger partial charge in [0, 0.05) is 39.6 Å². The van der Waals surface area contributed by atoms with Crippen molar-refractivity contribution in [2.45, 2.75) is 58.1 Å². The Labute approximate surface area is 202 Å². The fraction of sp³-hybridized carbons (Fsp3) is 0.680. The predicted molar refractivity (Wildman–Crippen MR) is 128 cm³/mol. The van der Waals surface area contributed by atoms with Gasteiger partial charge in [-0.25, -0.2) is 4.79 Å². The number of nitrogens with zero attached hydrogens (tertiary/aromatic N) is 1. The topological polar surface area (TPSA) is 118 Å². The summed E-state index contributed by atoms with van der Waals surface area (Å²) in [7, 11) is 3.25. The molecule has 1 fully saturated rings. The van der Waals surface area contributed by atoms with E-state index in [1.54, 1.807) is 19.1 Å². The van der Waals surface area contributed by atoms with Crippen LogP contribution in [0.4, 0.5) is 4.79 Å². The van der Waals surface area contributed by atoms with Crippen LogP contribution in [0.2, 0.25) is 0 Å². The highest BCUT2D eigenvalue weighted by atomic mass is 16.5. The summed E-state index contributed by atoms with van der Waals surface area (Å²) in [4.78, 5) is 25.0. The summed E-state index contributed by atoms with van der Waals surface area (Å²) in [6, 6.07) is 5.13. The van der Waals surface area contributed by atoms with Crippen LogP contribution in [-0.2, 0) is 16.0 Å². The number of carbonyl (C=O) groups is 2. The fourth-order valence-corrected chi connectivity index (χ4v) is 4.29. The minimum absolute atomic E-state index is 0.00444. The van der Waals surface area contributed by atoms with Crippen molar-refractivity contribution in [2.24, 2.45) is 11.8 Å². The van der Waals surface area contributed by atoms with Gasteiger partial charge >= 0.3 is 6.09 Å². The molecule has 0 bridgehead atoms. The van der Waals surface area contributed by atoms with E-state index in [1.807, 2.05) is 18.2 Å². The Kier molecular flexibility index (Phi) is 11.4. The highest BCUT2D eigenvalue weighted by molar-refractivity contribution is 5.78. The normalized spacial score (nSPS) is 16.4. The van der Waals surface area contributed by atoms with Crippen LogP contribution >= 0.6 is 0 Å². The van der Waals surface area contributed by atoms with E-state index in [-0.39, 0.29) is 24.3 Å². The maximum Gasteiger partial charge on any atom is 0.404 e. The maximum absolute atomic E-state index is 12.0. The number of likely N-dealkylation sites (tertiary alicyclic amines) is 1. The van der Waals surface area contributed by atoms with E-state index in [4.69, 9.17) is 14.2 Å². The van der Waals surface area contributed by atoms with Gasteiger partial charge in [0.15, 0.2) is 11.5 Å². The van der Waals surface area contributed by atoms with Gasteiger partial charge in [-0.2, -0.15) is 0 Å². The Balaban J connectivity index is 2.11. The number of benzene rings is 1. The SMILES string of the molecule is COCCCOc1cc(C[C@@H](C[C@H](NC(=O)O)[C@@H](O)CN2CCCC2=O)C(C)C)ccc1OC. The van der Waals surface area contributed by atoms with E-state index in [1.165, 1.54) is 0 Å². The summed E-state index contributed by atoms with van der Waals surface area (Å²) < 4.78 is 16.4. The molecule has 192 valence electrons. The van der Waals surface area contributed by atoms with Crippen molar-refractivity contribution in [3.63, 3.8) is 0 Å². The number of hydrogen-bond donors (Lipinski definition) is 3. The molecule has 2 amide bonds. The molecule has 9 nitrogen and oxygen atoms in total. The quantitative estimate of drug-likeness (QED) is 0.330. The Hall–Kier alpha value is -2.52. The monoisotopic (exact) mass is 480 g/mol. The van der Waals surface area contributed by atoms with E-state index in [9.17, 15) is 19.8 Å². The number of hydrogen-bond acceptors (Lipinski definition) is 6. The summed E-state index contributed by atoms with van der Waals surface area (Å²) in [5.74, 6) is 1.65. The van der Waals surface area contributed by atoms with Crippen molar-refractivity contribution in [2.75, 3.05) is 40.5 Å². The maximum atomic E-state index is 12.0. The molecule has 0 saturated carbocycles. The van der Waals surface area contributed by atoms with Crippen molar-refractivity contribution in [3.8, 4) is 11.5 Å². The third kappa shape index (κ3) is 8.68. The molecular weight excluding hydrogens is 440 g/mol. The standard InChI is InChI=1S/C25H40N2O7/c1-17(2)19(13-18-8-9-22(33-4)23(14-18)34-12-6-11-32-3)15-20(26-25(30)31)21(28)16-27-10-5-7-24(27)29/h8-9,14,17,19-21,26,28H,5-7,10-13,15-16H2,1-4H3,(H,30,31)/t19-,20-,21-/m0/s1. The summed E-state index contributed by atoms with van der Waals surface area (Å²) >= 11 is 0. The molecule has 9 heteroatoms. The van der Waals surface area contributed by atoms with Gasteiger partial charge < -0.3 is 34.6 Å². The Bertz CT molecular complexity index is 787. The van der Waals surface area contributed by atoms with Gasteiger partial charge in [-0.15, -0.1) is 0 Å². The van der Waals surface area contributed by atoms with Gasteiger partial charge in [0.05, 0.1) is 25.9 Å². The summed E-state index contributed by atoms with van der Waals surface area (Å²) in [6.45, 7) is 6.03. The molecule has 3 atom stereocenters. The zero-order chi connectivity index (χ0) is 25.1. The van der Waals surface area contributed by atoms with Gasteiger partial charge in [0.25, 0.3) is 0 Å². The van der Waals surface area contributed by atoms with E-state index >= 15 is 0 Å². The second-order valence-electron chi connectivity index (χ2n) is 9.19. The van der Waals surface area contributed by atoms with Crippen LogP contribution in [0.15, 0.2) is 18.2 Å². The van der Waals surface area contributed by atoms with Crippen LogP contribution < -0.4 is 14.8 Å². The third-order valence-corrected chi connectivity index (χ3v) is 6.33. The minimum Gasteiger partial charge on any atom is -0.493 e. The van der Waals surface area contributed by atoms with Crippen LogP contribution in [0.1, 0.15) is 45.1 Å². The van der Waals surface area contributed by atoms with Gasteiger partial charge in [0.2, 0.25) is 5.91 Å². The lowest BCUT2D eigenvalue weighted by Gasteiger charge is -2.31. The third-order valence-electron chi connectivity index (χ3n) is 6.33. The summed E-state index contributed by atoms with van der Waals surface area (Å²) in [5, 5.41) is 22.7. The van der Waals surface area contributed by atoms with Crippen LogP contribution in [0.5, 0.6) is 11.5 Å². The number of nitrogens with one attached hydrogen (secondary N) is 1. The van der Waals surface area contributed by atoms with Gasteiger partial charge in [-0.3, -0.25) is 4.79 Å². The van der Waals surface area contributed by atoms with Crippen LogP contribution in [0, 0.1) is 11.8 Å². The van der Waals surface area contributed by atoms with Gasteiger partial charge in [-0.1, -0.05) is 19.9 Å². The molecule has 0 unspecified atom stereocenters. The van der Waals surface area contributed by atoms with Crippen molar-refractivity contribution in [1.82, 2.24) is 10.2 Å². The second-order valence-corrected chi connectivity index (χ2v) is 9.19. The van der Waals surface area contributed by atoms with Crippen LogP contribution in [-0.4, -0.2) is 79.8 Å². The smallest absolute Gasteiger partial charge is 0.404 e. The minimum atomic E-state index is -1.18. The first kappa shape index (κ1) is 27.7. The fourth-order valence-electron chi connectivity index (χ4n) is 4.29. The second kappa shape index (κ2) is 14.0. The number of rotatable bonds is 15. The number of carboxylic acid groups (broad SMARTS) is 1. The number of carbonyl (C=O) groups excluding carboxylic acids is 1. The highest BCUT2D eigenvalue weighted by Crippen LogP contribution is 2.31. The van der Waals surface area contributed by atoms with Crippen molar-refractivity contribution < 1.29 is 34.0 Å². The predicted octanol–water partition coefficient (Wildman–Crippen LogP) is 2.93. The lowest BCUT2D eigenvalue weighted by Crippen LogP contribution is -2.49.